The van der Waals surface area contributed by atoms with Crippen LogP contribution in [0.2, 0.25) is 0 Å². The van der Waals surface area contributed by atoms with Crippen LogP contribution in [0.1, 0.15) is 36.7 Å². The lowest BCUT2D eigenvalue weighted by Crippen LogP contribution is -2.31. The SMILES string of the molecule is CCOC(=O)c1ccc(Nc2nccc(N(Cc3ccccc3)C(C)C)n2)cc1. The van der Waals surface area contributed by atoms with Gasteiger partial charge in [0.15, 0.2) is 0 Å². The van der Waals surface area contributed by atoms with Crippen LogP contribution in [0.4, 0.5) is 17.5 Å². The second kappa shape index (κ2) is 9.68. The van der Waals surface area contributed by atoms with Gasteiger partial charge in [-0.2, -0.15) is 4.98 Å². The molecule has 29 heavy (non-hydrogen) atoms. The van der Waals surface area contributed by atoms with Gasteiger partial charge in [-0.25, -0.2) is 9.78 Å². The predicted octanol–water partition coefficient (Wildman–Crippen LogP) is 4.81. The van der Waals surface area contributed by atoms with E-state index < -0.39 is 0 Å². The molecule has 6 nitrogen and oxygen atoms in total. The number of esters is 1. The number of benzene rings is 2. The van der Waals surface area contributed by atoms with E-state index in [1.807, 2.05) is 36.4 Å². The maximum absolute atomic E-state index is 11.8. The Hall–Kier alpha value is -3.41. The maximum atomic E-state index is 11.8. The summed E-state index contributed by atoms with van der Waals surface area (Å²) in [5.41, 5.74) is 2.54. The average molecular weight is 390 g/mol. The Morgan fingerprint density at radius 3 is 2.45 bits per heavy atom. The van der Waals surface area contributed by atoms with Crippen molar-refractivity contribution in [3.05, 3.63) is 78.0 Å². The van der Waals surface area contributed by atoms with Crippen molar-refractivity contribution in [3.63, 3.8) is 0 Å². The molecule has 0 aliphatic carbocycles. The number of hydrogen-bond acceptors (Lipinski definition) is 6. The molecule has 0 spiro atoms. The molecule has 0 radical (unpaired) electrons. The molecule has 0 aliphatic rings. The van der Waals surface area contributed by atoms with Gasteiger partial charge in [0.2, 0.25) is 5.95 Å². The van der Waals surface area contributed by atoms with E-state index in [-0.39, 0.29) is 12.0 Å². The predicted molar refractivity (Wildman–Crippen MR) is 115 cm³/mol. The minimum Gasteiger partial charge on any atom is -0.462 e. The zero-order chi connectivity index (χ0) is 20.6. The van der Waals surface area contributed by atoms with Gasteiger partial charge >= 0.3 is 5.97 Å². The van der Waals surface area contributed by atoms with Gasteiger partial charge in [-0.15, -0.1) is 0 Å². The lowest BCUT2D eigenvalue weighted by molar-refractivity contribution is 0.0526. The van der Waals surface area contributed by atoms with E-state index in [4.69, 9.17) is 4.74 Å². The van der Waals surface area contributed by atoms with Crippen molar-refractivity contribution in [3.8, 4) is 0 Å². The van der Waals surface area contributed by atoms with E-state index in [2.05, 4.69) is 46.2 Å². The normalized spacial score (nSPS) is 10.6. The number of carbonyl (C=O) groups is 1. The molecule has 0 fully saturated rings. The molecule has 2 aromatic carbocycles. The zero-order valence-corrected chi connectivity index (χ0v) is 17.0. The highest BCUT2D eigenvalue weighted by molar-refractivity contribution is 5.89. The Morgan fingerprint density at radius 1 is 1.07 bits per heavy atom. The maximum Gasteiger partial charge on any atom is 0.338 e. The van der Waals surface area contributed by atoms with Crippen molar-refractivity contribution in [2.75, 3.05) is 16.8 Å². The summed E-state index contributed by atoms with van der Waals surface area (Å²) in [6.45, 7) is 7.20. The van der Waals surface area contributed by atoms with E-state index in [1.54, 1.807) is 25.3 Å². The number of aromatic nitrogens is 2. The number of ether oxygens (including phenoxy) is 1. The van der Waals surface area contributed by atoms with Gasteiger partial charge in [-0.05, 0) is 56.7 Å². The molecule has 0 unspecified atom stereocenters. The summed E-state index contributed by atoms with van der Waals surface area (Å²) in [4.78, 5) is 23.0. The van der Waals surface area contributed by atoms with Crippen molar-refractivity contribution >= 4 is 23.4 Å². The molecule has 0 saturated carbocycles. The third-order valence-electron chi connectivity index (χ3n) is 4.41. The summed E-state index contributed by atoms with van der Waals surface area (Å²) in [5, 5.41) is 3.20. The number of anilines is 3. The van der Waals surface area contributed by atoms with E-state index >= 15 is 0 Å². The molecule has 0 bridgehead atoms. The third kappa shape index (κ3) is 5.54. The molecule has 0 aliphatic heterocycles. The van der Waals surface area contributed by atoms with Crippen molar-refractivity contribution in [2.24, 2.45) is 0 Å². The lowest BCUT2D eigenvalue weighted by Gasteiger charge is -2.28. The van der Waals surface area contributed by atoms with Gasteiger partial charge in [-0.1, -0.05) is 30.3 Å². The molecular formula is C23H26N4O2. The molecule has 1 N–H and O–H groups in total. The minimum atomic E-state index is -0.328. The second-order valence-electron chi connectivity index (χ2n) is 6.87. The monoisotopic (exact) mass is 390 g/mol. The molecule has 3 rings (SSSR count). The summed E-state index contributed by atoms with van der Waals surface area (Å²) in [5.74, 6) is 1.03. The first-order valence-corrected chi connectivity index (χ1v) is 9.74. The number of rotatable bonds is 8. The summed E-state index contributed by atoms with van der Waals surface area (Å²) in [6, 6.07) is 19.6. The van der Waals surface area contributed by atoms with Crippen LogP contribution in [0, 0.1) is 0 Å². The smallest absolute Gasteiger partial charge is 0.338 e. The standard InChI is InChI=1S/C23H26N4O2/c1-4-29-22(28)19-10-12-20(13-11-19)25-23-24-15-14-21(26-23)27(17(2)3)16-18-8-6-5-7-9-18/h5-15,17H,4,16H2,1-3H3,(H,24,25,26). The van der Waals surface area contributed by atoms with Crippen LogP contribution in [-0.2, 0) is 11.3 Å². The van der Waals surface area contributed by atoms with Crippen LogP contribution < -0.4 is 10.2 Å². The molecule has 150 valence electrons. The van der Waals surface area contributed by atoms with E-state index in [0.29, 0.717) is 18.1 Å². The molecule has 6 heteroatoms. The Labute approximate surface area is 171 Å². The molecule has 1 aromatic heterocycles. The summed E-state index contributed by atoms with van der Waals surface area (Å²) < 4.78 is 5.01. The van der Waals surface area contributed by atoms with Crippen LogP contribution >= 0.6 is 0 Å². The number of hydrogen-bond donors (Lipinski definition) is 1. The largest absolute Gasteiger partial charge is 0.462 e. The fourth-order valence-electron chi connectivity index (χ4n) is 2.91. The lowest BCUT2D eigenvalue weighted by atomic mass is 10.2. The number of nitrogens with one attached hydrogen (secondary N) is 1. The summed E-state index contributed by atoms with van der Waals surface area (Å²) >= 11 is 0. The van der Waals surface area contributed by atoms with Gasteiger partial charge in [0, 0.05) is 24.5 Å². The average Bonchev–Trinajstić information content (AvgIpc) is 2.73. The first kappa shape index (κ1) is 20.3. The zero-order valence-electron chi connectivity index (χ0n) is 17.0. The Bertz CT molecular complexity index is 927. The van der Waals surface area contributed by atoms with Crippen LogP contribution in [0.25, 0.3) is 0 Å². The number of carbonyl (C=O) groups excluding carboxylic acids is 1. The first-order valence-electron chi connectivity index (χ1n) is 9.74. The first-order chi connectivity index (χ1) is 14.1. The quantitative estimate of drug-likeness (QED) is 0.557. The molecule has 0 amide bonds. The summed E-state index contributed by atoms with van der Waals surface area (Å²) in [7, 11) is 0. The highest BCUT2D eigenvalue weighted by Gasteiger charge is 2.14. The molecule has 1 heterocycles. The van der Waals surface area contributed by atoms with Crippen molar-refractivity contribution in [1.29, 1.82) is 0 Å². The van der Waals surface area contributed by atoms with E-state index in [9.17, 15) is 4.79 Å². The highest BCUT2D eigenvalue weighted by Crippen LogP contribution is 2.21. The number of nitrogens with zero attached hydrogens (tertiary/aromatic N) is 3. The molecule has 3 aromatic rings. The van der Waals surface area contributed by atoms with E-state index in [1.165, 1.54) is 5.56 Å². The minimum absolute atomic E-state index is 0.279. The van der Waals surface area contributed by atoms with E-state index in [0.717, 1.165) is 18.1 Å². The van der Waals surface area contributed by atoms with Crippen molar-refractivity contribution in [2.45, 2.75) is 33.4 Å². The van der Waals surface area contributed by atoms with Gasteiger partial charge in [-0.3, -0.25) is 0 Å². The molecule has 0 saturated heterocycles. The van der Waals surface area contributed by atoms with Gasteiger partial charge in [0.1, 0.15) is 5.82 Å². The van der Waals surface area contributed by atoms with Crippen molar-refractivity contribution < 1.29 is 9.53 Å². The Morgan fingerprint density at radius 2 is 1.79 bits per heavy atom. The Kier molecular flexibility index (Phi) is 6.79. The van der Waals surface area contributed by atoms with Crippen LogP contribution in [0.3, 0.4) is 0 Å². The second-order valence-corrected chi connectivity index (χ2v) is 6.87. The Balaban J connectivity index is 1.75. The fraction of sp³-hybridized carbons (Fsp3) is 0.261. The van der Waals surface area contributed by atoms with Gasteiger partial charge in [0.25, 0.3) is 0 Å². The molecular weight excluding hydrogens is 364 g/mol. The van der Waals surface area contributed by atoms with Gasteiger partial charge < -0.3 is 15.0 Å². The van der Waals surface area contributed by atoms with Crippen LogP contribution in [0.15, 0.2) is 66.9 Å². The fourth-order valence-corrected chi connectivity index (χ4v) is 2.91. The topological polar surface area (TPSA) is 67.3 Å². The highest BCUT2D eigenvalue weighted by atomic mass is 16.5. The van der Waals surface area contributed by atoms with Crippen molar-refractivity contribution in [1.82, 2.24) is 9.97 Å². The third-order valence-corrected chi connectivity index (χ3v) is 4.41. The summed E-state index contributed by atoms with van der Waals surface area (Å²) in [6.07, 6.45) is 1.75. The van der Waals surface area contributed by atoms with Gasteiger partial charge in [0.05, 0.1) is 12.2 Å². The van der Waals surface area contributed by atoms with Crippen LogP contribution in [-0.4, -0.2) is 28.6 Å². The van der Waals surface area contributed by atoms with Crippen LogP contribution in [0.5, 0.6) is 0 Å². The molecule has 0 atom stereocenters.